The van der Waals surface area contributed by atoms with Crippen molar-refractivity contribution in [2.75, 3.05) is 0 Å². The highest BCUT2D eigenvalue weighted by Crippen LogP contribution is 2.32. The van der Waals surface area contributed by atoms with Gasteiger partial charge in [0.05, 0.1) is 12.1 Å². The second kappa shape index (κ2) is 10.1. The molecule has 0 atom stereocenters. The molecule has 0 bridgehead atoms. The van der Waals surface area contributed by atoms with Crippen molar-refractivity contribution < 1.29 is 19.4 Å². The Balaban J connectivity index is 1.64. The monoisotopic (exact) mass is 497 g/mol. The molecule has 2 aromatic carbocycles. The van der Waals surface area contributed by atoms with Crippen molar-refractivity contribution >= 4 is 23.7 Å². The zero-order valence-electron chi connectivity index (χ0n) is 20.9. The zero-order chi connectivity index (χ0) is 26.0. The first-order chi connectivity index (χ1) is 16.3. The maximum atomic E-state index is 12.6. The van der Waals surface area contributed by atoms with Crippen LogP contribution in [0.4, 0.5) is 0 Å². The van der Waals surface area contributed by atoms with Crippen LogP contribution in [0.25, 0.3) is 0 Å². The van der Waals surface area contributed by atoms with Crippen LogP contribution in [0.15, 0.2) is 58.2 Å². The van der Waals surface area contributed by atoms with E-state index in [0.29, 0.717) is 17.9 Å². The van der Waals surface area contributed by atoms with E-state index in [0.717, 1.165) is 10.5 Å². The van der Waals surface area contributed by atoms with Gasteiger partial charge in [-0.15, -0.1) is 11.8 Å². The largest absolute Gasteiger partial charge is 0.480 e. The summed E-state index contributed by atoms with van der Waals surface area (Å²) in [5, 5.41) is 13.6. The number of carbonyl (C=O) groups excluding carboxylic acids is 1. The number of hydrogen-bond acceptors (Lipinski definition) is 6. The van der Waals surface area contributed by atoms with E-state index in [9.17, 15) is 19.5 Å². The van der Waals surface area contributed by atoms with Crippen molar-refractivity contribution in [3.8, 4) is 0 Å². The minimum Gasteiger partial charge on any atom is -0.480 e. The van der Waals surface area contributed by atoms with Gasteiger partial charge in [0.2, 0.25) is 0 Å². The van der Waals surface area contributed by atoms with Gasteiger partial charge in [-0.05, 0) is 54.7 Å². The SMILES string of the molecule is Cn1c(COC(=O)c2ccc(SC(C)(C)C(=O)O)cc2)nn(Cc2ccc(C(C)(C)C)cc2)c1=O. The molecule has 0 aliphatic heterocycles. The Bertz CT molecular complexity index is 1270. The molecule has 0 radical (unpaired) electrons. The summed E-state index contributed by atoms with van der Waals surface area (Å²) in [4.78, 5) is 37.1. The fourth-order valence-corrected chi connectivity index (χ4v) is 4.20. The number of aromatic nitrogens is 3. The second-order valence-corrected chi connectivity index (χ2v) is 11.6. The number of benzene rings is 2. The molecule has 1 aromatic heterocycles. The molecule has 0 fully saturated rings. The van der Waals surface area contributed by atoms with E-state index < -0.39 is 16.7 Å². The summed E-state index contributed by atoms with van der Waals surface area (Å²) >= 11 is 1.19. The number of carbonyl (C=O) groups is 2. The van der Waals surface area contributed by atoms with Crippen LogP contribution in [0.2, 0.25) is 0 Å². The van der Waals surface area contributed by atoms with E-state index in [1.54, 1.807) is 45.2 Å². The number of carboxylic acids is 1. The van der Waals surface area contributed by atoms with E-state index >= 15 is 0 Å². The number of thioether (sulfide) groups is 1. The average molecular weight is 498 g/mol. The van der Waals surface area contributed by atoms with Gasteiger partial charge in [-0.2, -0.15) is 5.10 Å². The van der Waals surface area contributed by atoms with Crippen molar-refractivity contribution in [1.82, 2.24) is 14.3 Å². The van der Waals surface area contributed by atoms with E-state index in [2.05, 4.69) is 38.0 Å². The first-order valence-corrected chi connectivity index (χ1v) is 12.0. The predicted molar refractivity (Wildman–Crippen MR) is 135 cm³/mol. The van der Waals surface area contributed by atoms with Gasteiger partial charge in [0.15, 0.2) is 12.4 Å². The fourth-order valence-electron chi connectivity index (χ4n) is 3.26. The highest BCUT2D eigenvalue weighted by atomic mass is 32.2. The second-order valence-electron chi connectivity index (χ2n) is 9.88. The Kier molecular flexibility index (Phi) is 7.59. The molecule has 0 unspecified atom stereocenters. The van der Waals surface area contributed by atoms with Crippen molar-refractivity contribution in [2.45, 2.75) is 62.8 Å². The van der Waals surface area contributed by atoms with Gasteiger partial charge in [-0.25, -0.2) is 14.3 Å². The molecule has 0 aliphatic rings. The Hall–Kier alpha value is -3.33. The van der Waals surface area contributed by atoms with E-state index in [1.807, 2.05) is 12.1 Å². The molecule has 0 spiro atoms. The number of rotatable bonds is 8. The first-order valence-electron chi connectivity index (χ1n) is 11.2. The third-order valence-electron chi connectivity index (χ3n) is 5.59. The highest BCUT2D eigenvalue weighted by Gasteiger charge is 2.28. The van der Waals surface area contributed by atoms with E-state index in [4.69, 9.17) is 4.74 Å². The Morgan fingerprint density at radius 2 is 1.60 bits per heavy atom. The molecular weight excluding hydrogens is 466 g/mol. The minimum absolute atomic E-state index is 0.0473. The molecule has 9 heteroatoms. The van der Waals surface area contributed by atoms with Crippen molar-refractivity contribution in [2.24, 2.45) is 7.05 Å². The molecule has 0 saturated heterocycles. The van der Waals surface area contributed by atoms with Gasteiger partial charge >= 0.3 is 17.6 Å². The fraction of sp³-hybridized carbons (Fsp3) is 0.385. The summed E-state index contributed by atoms with van der Waals surface area (Å²) in [6, 6.07) is 14.6. The third-order valence-corrected chi connectivity index (χ3v) is 6.79. The van der Waals surface area contributed by atoms with Crippen molar-refractivity contribution in [1.29, 1.82) is 0 Å². The standard InChI is InChI=1S/C26H31N3O5S/c1-25(2,3)19-11-7-17(8-12-19)15-29-24(33)28(6)21(27-29)16-34-22(30)18-9-13-20(14-10-18)35-26(4,5)23(31)32/h7-14H,15-16H2,1-6H3,(H,31,32). The van der Waals surface area contributed by atoms with E-state index in [-0.39, 0.29) is 17.7 Å². The van der Waals surface area contributed by atoms with Crippen LogP contribution in [0, 0.1) is 0 Å². The van der Waals surface area contributed by atoms with Crippen LogP contribution in [0.3, 0.4) is 0 Å². The Labute approximate surface area is 208 Å². The third kappa shape index (κ3) is 6.42. The number of ether oxygens (including phenoxy) is 1. The van der Waals surface area contributed by atoms with Crippen LogP contribution >= 0.6 is 11.8 Å². The summed E-state index contributed by atoms with van der Waals surface area (Å²) in [5.41, 5.74) is 2.24. The Morgan fingerprint density at radius 1 is 1.00 bits per heavy atom. The molecule has 0 aliphatic carbocycles. The van der Waals surface area contributed by atoms with Gasteiger partial charge in [0.1, 0.15) is 4.75 Å². The maximum absolute atomic E-state index is 12.6. The molecule has 3 aromatic rings. The lowest BCUT2D eigenvalue weighted by Gasteiger charge is -2.19. The van der Waals surface area contributed by atoms with Gasteiger partial charge in [-0.1, -0.05) is 45.0 Å². The van der Waals surface area contributed by atoms with Crippen molar-refractivity contribution in [3.63, 3.8) is 0 Å². The predicted octanol–water partition coefficient (Wildman–Crippen LogP) is 4.24. The van der Waals surface area contributed by atoms with Crippen LogP contribution in [0.5, 0.6) is 0 Å². The molecule has 8 nitrogen and oxygen atoms in total. The molecule has 1 heterocycles. The average Bonchev–Trinajstić information content (AvgIpc) is 3.05. The normalized spacial score (nSPS) is 11.9. The summed E-state index contributed by atoms with van der Waals surface area (Å²) in [6.07, 6.45) is 0. The molecular formula is C26H31N3O5S. The van der Waals surface area contributed by atoms with E-state index in [1.165, 1.54) is 26.6 Å². The molecule has 186 valence electrons. The van der Waals surface area contributed by atoms with Crippen LogP contribution in [-0.4, -0.2) is 36.1 Å². The summed E-state index contributed by atoms with van der Waals surface area (Å²) in [5.74, 6) is -1.14. The lowest BCUT2D eigenvalue weighted by atomic mass is 9.87. The van der Waals surface area contributed by atoms with Gasteiger partial charge in [0, 0.05) is 11.9 Å². The van der Waals surface area contributed by atoms with Crippen LogP contribution < -0.4 is 5.69 Å². The topological polar surface area (TPSA) is 103 Å². The zero-order valence-corrected chi connectivity index (χ0v) is 21.7. The number of nitrogens with zero attached hydrogens (tertiary/aromatic N) is 3. The molecule has 35 heavy (non-hydrogen) atoms. The highest BCUT2D eigenvalue weighted by molar-refractivity contribution is 8.01. The number of aliphatic carboxylic acids is 1. The van der Waals surface area contributed by atoms with Crippen LogP contribution in [0.1, 0.15) is 61.9 Å². The van der Waals surface area contributed by atoms with Gasteiger partial charge in [0.25, 0.3) is 0 Å². The number of carboxylic acid groups (broad SMARTS) is 1. The maximum Gasteiger partial charge on any atom is 0.346 e. The quantitative estimate of drug-likeness (QED) is 0.367. The summed E-state index contributed by atoms with van der Waals surface area (Å²) in [7, 11) is 1.59. The lowest BCUT2D eigenvalue weighted by molar-refractivity contribution is -0.138. The number of hydrogen-bond donors (Lipinski definition) is 1. The first kappa shape index (κ1) is 26.3. The molecule has 1 N–H and O–H groups in total. The minimum atomic E-state index is -0.986. The molecule has 3 rings (SSSR count). The van der Waals surface area contributed by atoms with Crippen LogP contribution in [-0.2, 0) is 35.1 Å². The summed E-state index contributed by atoms with van der Waals surface area (Å²) in [6.45, 7) is 9.84. The summed E-state index contributed by atoms with van der Waals surface area (Å²) < 4.78 is 7.10. The van der Waals surface area contributed by atoms with Gasteiger partial charge < -0.3 is 9.84 Å². The van der Waals surface area contributed by atoms with Gasteiger partial charge in [-0.3, -0.25) is 9.36 Å². The molecule has 0 amide bonds. The number of esters is 1. The van der Waals surface area contributed by atoms with Crippen molar-refractivity contribution in [3.05, 3.63) is 81.5 Å². The smallest absolute Gasteiger partial charge is 0.346 e. The molecule has 0 saturated carbocycles. The Morgan fingerprint density at radius 3 is 2.14 bits per heavy atom. The lowest BCUT2D eigenvalue weighted by Crippen LogP contribution is -2.26.